The molecule has 1 N–H and O–H groups in total. The zero-order valence-electron chi connectivity index (χ0n) is 14.1. The Hall–Kier alpha value is -2.82. The van der Waals surface area contributed by atoms with E-state index in [1.165, 1.54) is 0 Å². The molecule has 0 aromatic heterocycles. The first-order chi connectivity index (χ1) is 12.2. The summed E-state index contributed by atoms with van der Waals surface area (Å²) >= 11 is 0. The van der Waals surface area contributed by atoms with Crippen LogP contribution >= 0.6 is 0 Å². The van der Waals surface area contributed by atoms with Crippen LogP contribution in [0.25, 0.3) is 0 Å². The van der Waals surface area contributed by atoms with Gasteiger partial charge in [-0.15, -0.1) is 0 Å². The van der Waals surface area contributed by atoms with Crippen LogP contribution < -0.4 is 10.2 Å². The molecule has 0 spiro atoms. The second-order valence-electron chi connectivity index (χ2n) is 6.39. The lowest BCUT2D eigenvalue weighted by Crippen LogP contribution is -2.66. The highest BCUT2D eigenvalue weighted by molar-refractivity contribution is 6.07. The minimum atomic E-state index is -1.14. The molecular weight excluding hydrogens is 316 g/mol. The Morgan fingerprint density at radius 2 is 1.92 bits per heavy atom. The van der Waals surface area contributed by atoms with Crippen LogP contribution in [0.2, 0.25) is 0 Å². The van der Waals surface area contributed by atoms with E-state index in [4.69, 9.17) is 4.74 Å². The van der Waals surface area contributed by atoms with Gasteiger partial charge in [-0.2, -0.15) is 0 Å². The van der Waals surface area contributed by atoms with Crippen molar-refractivity contribution in [3.63, 3.8) is 0 Å². The largest absolute Gasteiger partial charge is 0.463 e. The molecule has 4 rings (SSSR count). The smallest absolute Gasteiger partial charge is 0.353 e. The van der Waals surface area contributed by atoms with Gasteiger partial charge in [0.1, 0.15) is 0 Å². The monoisotopic (exact) mass is 336 g/mol. The number of ether oxygens (including phenoxy) is 1. The van der Waals surface area contributed by atoms with Crippen LogP contribution in [0.1, 0.15) is 41.7 Å². The third kappa shape index (κ3) is 2.30. The number of carbonyl (C=O) groups is 2. The topological polar surface area (TPSA) is 58.6 Å². The van der Waals surface area contributed by atoms with Crippen molar-refractivity contribution in [2.45, 2.75) is 31.5 Å². The van der Waals surface area contributed by atoms with Crippen molar-refractivity contribution >= 4 is 17.6 Å². The fourth-order valence-electron chi connectivity index (χ4n) is 3.98. The molecule has 1 amide bonds. The van der Waals surface area contributed by atoms with Gasteiger partial charge in [0.15, 0.2) is 0 Å². The van der Waals surface area contributed by atoms with Gasteiger partial charge in [0.05, 0.1) is 23.9 Å². The molecule has 0 radical (unpaired) electrons. The van der Waals surface area contributed by atoms with Gasteiger partial charge in [0.25, 0.3) is 5.91 Å². The normalized spacial score (nSPS) is 24.3. The van der Waals surface area contributed by atoms with Crippen LogP contribution in [0.5, 0.6) is 0 Å². The van der Waals surface area contributed by atoms with E-state index in [9.17, 15) is 9.59 Å². The molecule has 5 heteroatoms. The Balaban J connectivity index is 1.88. The maximum Gasteiger partial charge on any atom is 0.353 e. The molecule has 1 fully saturated rings. The summed E-state index contributed by atoms with van der Waals surface area (Å²) in [7, 11) is 0. The fourth-order valence-corrected chi connectivity index (χ4v) is 3.98. The van der Waals surface area contributed by atoms with E-state index in [-0.39, 0.29) is 18.6 Å². The quantitative estimate of drug-likeness (QED) is 0.876. The average Bonchev–Trinajstić information content (AvgIpc) is 3.04. The summed E-state index contributed by atoms with van der Waals surface area (Å²) < 4.78 is 5.34. The van der Waals surface area contributed by atoms with Crippen molar-refractivity contribution in [1.29, 1.82) is 0 Å². The molecule has 2 aliphatic heterocycles. The van der Waals surface area contributed by atoms with Crippen molar-refractivity contribution in [3.8, 4) is 0 Å². The zero-order valence-corrected chi connectivity index (χ0v) is 14.1. The van der Waals surface area contributed by atoms with E-state index >= 15 is 0 Å². The van der Waals surface area contributed by atoms with Crippen LogP contribution in [0.3, 0.4) is 0 Å². The zero-order chi connectivity index (χ0) is 17.4. The van der Waals surface area contributed by atoms with Crippen LogP contribution in [0.4, 0.5) is 5.69 Å². The standard InChI is InChI=1S/C20H20N2O3/c1-2-25-19(24)20-13-12-16(14-8-4-3-5-9-14)22(20)17-11-7-6-10-15(17)18(23)21-20/h3-11,16H,2,12-13H2,1H3,(H,21,23)/t16-,20+/m0/s1. The highest BCUT2D eigenvalue weighted by Gasteiger charge is 2.57. The van der Waals surface area contributed by atoms with Crippen molar-refractivity contribution in [2.24, 2.45) is 0 Å². The second-order valence-corrected chi connectivity index (χ2v) is 6.39. The molecule has 2 aromatic rings. The van der Waals surface area contributed by atoms with Crippen molar-refractivity contribution < 1.29 is 14.3 Å². The van der Waals surface area contributed by atoms with Gasteiger partial charge in [-0.25, -0.2) is 4.79 Å². The summed E-state index contributed by atoms with van der Waals surface area (Å²) in [5, 5.41) is 2.94. The maximum absolute atomic E-state index is 12.9. The molecule has 1 saturated heterocycles. The number of para-hydroxylation sites is 1. The molecule has 2 atom stereocenters. The third-order valence-corrected chi connectivity index (χ3v) is 5.03. The number of nitrogens with zero attached hydrogens (tertiary/aromatic N) is 1. The number of hydrogen-bond acceptors (Lipinski definition) is 4. The lowest BCUT2D eigenvalue weighted by Gasteiger charge is -2.45. The number of anilines is 1. The SMILES string of the molecule is CCOC(=O)[C@@]12CC[C@@H](c3ccccc3)N1c1ccccc1C(=O)N2. The first kappa shape index (κ1) is 15.7. The lowest BCUT2D eigenvalue weighted by molar-refractivity contribution is -0.150. The van der Waals surface area contributed by atoms with Crippen LogP contribution in [-0.4, -0.2) is 24.1 Å². The number of rotatable bonds is 3. The molecule has 0 saturated carbocycles. The predicted octanol–water partition coefficient (Wildman–Crippen LogP) is 3.03. The lowest BCUT2D eigenvalue weighted by atomic mass is 9.99. The fraction of sp³-hybridized carbons (Fsp3) is 0.300. The summed E-state index contributed by atoms with van der Waals surface area (Å²) in [6.45, 7) is 2.06. The van der Waals surface area contributed by atoms with Crippen molar-refractivity contribution in [2.75, 3.05) is 11.5 Å². The number of hydrogen-bond donors (Lipinski definition) is 1. The van der Waals surface area contributed by atoms with E-state index in [0.717, 1.165) is 17.7 Å². The molecular formula is C20H20N2O3. The van der Waals surface area contributed by atoms with Crippen molar-refractivity contribution in [3.05, 3.63) is 65.7 Å². The summed E-state index contributed by atoms with van der Waals surface area (Å²) in [5.74, 6) is -0.620. The van der Waals surface area contributed by atoms with E-state index in [1.54, 1.807) is 13.0 Å². The first-order valence-electron chi connectivity index (χ1n) is 8.60. The molecule has 128 valence electrons. The summed E-state index contributed by atoms with van der Waals surface area (Å²) in [4.78, 5) is 27.5. The predicted molar refractivity (Wildman–Crippen MR) is 94.2 cm³/mol. The van der Waals surface area contributed by atoms with Crippen LogP contribution in [-0.2, 0) is 9.53 Å². The van der Waals surface area contributed by atoms with E-state index < -0.39 is 11.6 Å². The van der Waals surface area contributed by atoms with E-state index in [2.05, 4.69) is 17.4 Å². The second kappa shape index (κ2) is 5.92. The highest BCUT2D eigenvalue weighted by atomic mass is 16.5. The van der Waals surface area contributed by atoms with Gasteiger partial charge in [-0.3, -0.25) is 4.79 Å². The van der Waals surface area contributed by atoms with Gasteiger partial charge in [-0.05, 0) is 31.0 Å². The summed E-state index contributed by atoms with van der Waals surface area (Å²) in [6, 6.07) is 17.5. The Morgan fingerprint density at radius 1 is 1.20 bits per heavy atom. The third-order valence-electron chi connectivity index (χ3n) is 5.03. The Bertz CT molecular complexity index is 821. The number of amides is 1. The molecule has 0 bridgehead atoms. The van der Waals surface area contributed by atoms with Gasteiger partial charge in [-0.1, -0.05) is 42.5 Å². The number of nitrogens with one attached hydrogen (secondary N) is 1. The van der Waals surface area contributed by atoms with Gasteiger partial charge in [0.2, 0.25) is 5.66 Å². The molecule has 0 aliphatic carbocycles. The minimum Gasteiger partial charge on any atom is -0.463 e. The minimum absolute atomic E-state index is 0.00681. The first-order valence-corrected chi connectivity index (χ1v) is 8.60. The van der Waals surface area contributed by atoms with Crippen molar-refractivity contribution in [1.82, 2.24) is 5.32 Å². The Kier molecular flexibility index (Phi) is 3.71. The van der Waals surface area contributed by atoms with Crippen LogP contribution in [0, 0.1) is 0 Å². The maximum atomic E-state index is 12.9. The van der Waals surface area contributed by atoms with Crippen LogP contribution in [0.15, 0.2) is 54.6 Å². The van der Waals surface area contributed by atoms with Gasteiger partial charge < -0.3 is 15.0 Å². The molecule has 2 aliphatic rings. The molecule has 2 aromatic carbocycles. The Labute approximate surface area is 146 Å². The van der Waals surface area contributed by atoms with Gasteiger partial charge in [0, 0.05) is 6.42 Å². The summed E-state index contributed by atoms with van der Waals surface area (Å²) in [6.07, 6.45) is 1.28. The number of fused-ring (bicyclic) bond motifs is 3. The molecule has 25 heavy (non-hydrogen) atoms. The number of benzene rings is 2. The van der Waals surface area contributed by atoms with E-state index in [1.807, 2.05) is 41.3 Å². The average molecular weight is 336 g/mol. The summed E-state index contributed by atoms with van der Waals surface area (Å²) in [5.41, 5.74) is 1.36. The van der Waals surface area contributed by atoms with E-state index in [0.29, 0.717) is 12.0 Å². The molecule has 5 nitrogen and oxygen atoms in total. The number of esters is 1. The molecule has 0 unspecified atom stereocenters. The van der Waals surface area contributed by atoms with Gasteiger partial charge >= 0.3 is 5.97 Å². The number of carbonyl (C=O) groups excluding carboxylic acids is 2. The molecule has 2 heterocycles. The Morgan fingerprint density at radius 3 is 2.68 bits per heavy atom. The highest BCUT2D eigenvalue weighted by Crippen LogP contribution is 2.48.